The number of nitrogen functional groups attached to an aromatic ring is 1. The summed E-state index contributed by atoms with van der Waals surface area (Å²) in [5.41, 5.74) is 9.75. The third kappa shape index (κ3) is 2.33. The molecule has 23 heavy (non-hydrogen) atoms. The summed E-state index contributed by atoms with van der Waals surface area (Å²) in [5, 5.41) is 24.4. The molecule has 0 saturated carbocycles. The number of nitrogens with zero attached hydrogens (tertiary/aromatic N) is 3. The molecule has 4 N–H and O–H groups in total. The summed E-state index contributed by atoms with van der Waals surface area (Å²) < 4.78 is 14.7. The van der Waals surface area contributed by atoms with E-state index in [4.69, 9.17) is 11.5 Å². The van der Waals surface area contributed by atoms with Crippen LogP contribution in [0.15, 0.2) is 12.1 Å². The van der Waals surface area contributed by atoms with E-state index in [1.54, 1.807) is 0 Å². The molecule has 1 aromatic heterocycles. The average molecular weight is 321 g/mol. The number of hydrogen-bond acceptors (Lipinski definition) is 5. The first-order chi connectivity index (χ1) is 10.9. The van der Waals surface area contributed by atoms with Crippen molar-refractivity contribution >= 4 is 28.4 Å². The van der Waals surface area contributed by atoms with Crippen molar-refractivity contribution in [1.82, 2.24) is 0 Å². The summed E-state index contributed by atoms with van der Waals surface area (Å²) in [5.74, 6) is -2.38. The molecule has 0 spiro atoms. The van der Waals surface area contributed by atoms with Crippen molar-refractivity contribution in [3.8, 4) is 0 Å². The van der Waals surface area contributed by atoms with Crippen molar-refractivity contribution in [3.05, 3.63) is 34.1 Å². The molecule has 8 nitrogen and oxygen atoms in total. The highest BCUT2D eigenvalue weighted by Crippen LogP contribution is 2.26. The Kier molecular flexibility index (Phi) is 3.55. The number of rotatable bonds is 2. The summed E-state index contributed by atoms with van der Waals surface area (Å²) in [6, 6.07) is 2.23. The highest BCUT2D eigenvalue weighted by Gasteiger charge is 2.30. The Morgan fingerprint density at radius 3 is 2.35 bits per heavy atom. The number of halogens is 1. The van der Waals surface area contributed by atoms with Crippen LogP contribution < -0.4 is 25.8 Å². The van der Waals surface area contributed by atoms with Crippen LogP contribution >= 0.6 is 0 Å². The first kappa shape index (κ1) is 15.1. The minimum absolute atomic E-state index is 0.102. The minimum atomic E-state index is -1.15. The van der Waals surface area contributed by atoms with Crippen molar-refractivity contribution in [2.45, 2.75) is 19.3 Å². The zero-order chi connectivity index (χ0) is 16.7. The van der Waals surface area contributed by atoms with E-state index in [0.717, 1.165) is 25.3 Å². The van der Waals surface area contributed by atoms with Gasteiger partial charge in [-0.25, -0.2) is 9.12 Å². The lowest BCUT2D eigenvalue weighted by Gasteiger charge is -2.29. The summed E-state index contributed by atoms with van der Waals surface area (Å²) in [6.45, 7) is 1.35. The second kappa shape index (κ2) is 5.41. The number of benzene rings is 1. The second-order valence-corrected chi connectivity index (χ2v) is 5.53. The van der Waals surface area contributed by atoms with E-state index in [-0.39, 0.29) is 26.2 Å². The van der Waals surface area contributed by atoms with Crippen molar-refractivity contribution in [2.75, 3.05) is 23.7 Å². The monoisotopic (exact) mass is 321 g/mol. The average Bonchev–Trinajstić information content (AvgIpc) is 2.53. The number of carbonyl (C=O) groups is 1. The van der Waals surface area contributed by atoms with Crippen LogP contribution in [0.4, 0.5) is 15.9 Å². The van der Waals surface area contributed by atoms with Crippen LogP contribution in [0, 0.1) is 16.2 Å². The van der Waals surface area contributed by atoms with E-state index in [1.807, 2.05) is 4.90 Å². The van der Waals surface area contributed by atoms with Crippen LogP contribution in [-0.2, 0) is 0 Å². The second-order valence-electron chi connectivity index (χ2n) is 5.53. The van der Waals surface area contributed by atoms with Crippen LogP contribution in [0.1, 0.15) is 29.8 Å². The maximum absolute atomic E-state index is 14.4. The van der Waals surface area contributed by atoms with E-state index in [1.165, 1.54) is 6.07 Å². The van der Waals surface area contributed by atoms with E-state index in [2.05, 4.69) is 0 Å². The Bertz CT molecular complexity index is 805. The van der Waals surface area contributed by atoms with Gasteiger partial charge in [-0.3, -0.25) is 10.5 Å². The number of hydrogen-bond donors (Lipinski definition) is 2. The maximum atomic E-state index is 14.4. The lowest BCUT2D eigenvalue weighted by atomic mass is 10.1. The van der Waals surface area contributed by atoms with E-state index >= 15 is 0 Å². The van der Waals surface area contributed by atoms with Gasteiger partial charge in [0.15, 0.2) is 5.82 Å². The molecule has 122 valence electrons. The Hall–Kier alpha value is -2.84. The molecule has 1 aromatic carbocycles. The summed E-state index contributed by atoms with van der Waals surface area (Å²) in [4.78, 5) is 13.1. The molecular weight excluding hydrogens is 305 g/mol. The molecule has 0 unspecified atom stereocenters. The third-order valence-electron chi connectivity index (χ3n) is 4.08. The number of fused-ring (bicyclic) bond motifs is 1. The zero-order valence-electron chi connectivity index (χ0n) is 12.3. The highest BCUT2D eigenvalue weighted by molar-refractivity contribution is 5.94. The normalized spacial score (nSPS) is 15.1. The first-order valence-electron chi connectivity index (χ1n) is 7.24. The van der Waals surface area contributed by atoms with Crippen LogP contribution in [0.25, 0.3) is 11.0 Å². The Balaban J connectivity index is 2.26. The molecule has 1 saturated heterocycles. The van der Waals surface area contributed by atoms with Gasteiger partial charge in [0.25, 0.3) is 5.52 Å². The van der Waals surface area contributed by atoms with Gasteiger partial charge in [-0.05, 0) is 19.3 Å². The van der Waals surface area contributed by atoms with Gasteiger partial charge >= 0.3 is 17.4 Å². The van der Waals surface area contributed by atoms with Crippen molar-refractivity contribution in [3.63, 3.8) is 0 Å². The smallest absolute Gasteiger partial charge is 0.372 e. The molecule has 1 aliphatic rings. The Morgan fingerprint density at radius 1 is 1.13 bits per heavy atom. The number of primary amides is 1. The maximum Gasteiger partial charge on any atom is 0.372 e. The molecule has 1 fully saturated rings. The molecular formula is C14H16FN5O3. The topological polar surface area (TPSA) is 126 Å². The fraction of sp³-hybridized carbons (Fsp3) is 0.357. The quantitative estimate of drug-likeness (QED) is 0.591. The van der Waals surface area contributed by atoms with Gasteiger partial charge < -0.3 is 21.0 Å². The fourth-order valence-electron chi connectivity index (χ4n) is 2.92. The first-order valence-corrected chi connectivity index (χ1v) is 7.24. The van der Waals surface area contributed by atoms with Crippen LogP contribution in [0.3, 0.4) is 0 Å². The molecule has 0 bridgehead atoms. The standard InChI is InChI=1S/C14H16FN5O3/c15-8-6-10-11(7-9(8)18-4-2-1-3-5-18)20(23)13(16)12(14(17)21)19(10)22/h6-7H,1-5,16H2,(H2,17,21). The van der Waals surface area contributed by atoms with Crippen LogP contribution in [0.2, 0.25) is 0 Å². The van der Waals surface area contributed by atoms with E-state index in [9.17, 15) is 19.6 Å². The van der Waals surface area contributed by atoms with E-state index in [0.29, 0.717) is 13.1 Å². The molecule has 0 radical (unpaired) electrons. The van der Waals surface area contributed by atoms with Gasteiger partial charge in [-0.2, -0.15) is 0 Å². The molecule has 9 heteroatoms. The van der Waals surface area contributed by atoms with Crippen LogP contribution in [-0.4, -0.2) is 19.0 Å². The summed E-state index contributed by atoms with van der Waals surface area (Å²) in [7, 11) is 0. The molecule has 3 rings (SSSR count). The number of nitrogens with two attached hydrogens (primary N) is 2. The highest BCUT2D eigenvalue weighted by atomic mass is 19.1. The van der Waals surface area contributed by atoms with Gasteiger partial charge in [-0.1, -0.05) is 0 Å². The largest absolute Gasteiger partial charge is 0.710 e. The molecule has 2 aromatic rings. The summed E-state index contributed by atoms with van der Waals surface area (Å²) in [6.07, 6.45) is 2.93. The van der Waals surface area contributed by atoms with Gasteiger partial charge in [0.1, 0.15) is 0 Å². The lowest BCUT2D eigenvalue weighted by Crippen LogP contribution is -2.47. The Labute approximate surface area is 130 Å². The number of piperidine rings is 1. The lowest BCUT2D eigenvalue weighted by molar-refractivity contribution is -0.620. The molecule has 1 aliphatic heterocycles. The van der Waals surface area contributed by atoms with Crippen molar-refractivity contribution in [1.29, 1.82) is 0 Å². The number of amides is 1. The predicted octanol–water partition coefficient (Wildman–Crippen LogP) is -0.0829. The summed E-state index contributed by atoms with van der Waals surface area (Å²) >= 11 is 0. The molecule has 0 atom stereocenters. The molecule has 0 aliphatic carbocycles. The van der Waals surface area contributed by atoms with Crippen molar-refractivity contribution in [2.24, 2.45) is 5.73 Å². The fourth-order valence-corrected chi connectivity index (χ4v) is 2.92. The zero-order valence-corrected chi connectivity index (χ0v) is 12.3. The third-order valence-corrected chi connectivity index (χ3v) is 4.08. The van der Waals surface area contributed by atoms with Gasteiger partial charge in [0.05, 0.1) is 11.8 Å². The van der Waals surface area contributed by atoms with Crippen molar-refractivity contribution < 1.29 is 18.6 Å². The SMILES string of the molecule is NC(=O)c1c(N)[n+]([O-])c2cc(N3CCCCC3)c(F)cc2[n+]1[O-]. The van der Waals surface area contributed by atoms with Crippen LogP contribution in [0.5, 0.6) is 0 Å². The van der Waals surface area contributed by atoms with E-state index < -0.39 is 23.2 Å². The Morgan fingerprint density at radius 2 is 1.74 bits per heavy atom. The number of carbonyl (C=O) groups excluding carboxylic acids is 1. The van der Waals surface area contributed by atoms with Gasteiger partial charge in [0.2, 0.25) is 5.52 Å². The van der Waals surface area contributed by atoms with Gasteiger partial charge in [0, 0.05) is 19.2 Å². The minimum Gasteiger partial charge on any atom is -0.710 e. The molecule has 2 heterocycles. The predicted molar refractivity (Wildman–Crippen MR) is 80.8 cm³/mol. The number of anilines is 2. The number of aromatic nitrogens is 2. The van der Waals surface area contributed by atoms with Gasteiger partial charge in [-0.15, -0.1) is 4.73 Å². The molecule has 1 amide bonds.